The Morgan fingerprint density at radius 3 is 2.55 bits per heavy atom. The molecule has 2 aliphatic rings. The van der Waals surface area contributed by atoms with E-state index in [9.17, 15) is 14.9 Å². The van der Waals surface area contributed by atoms with Gasteiger partial charge in [0.2, 0.25) is 0 Å². The van der Waals surface area contributed by atoms with Crippen LogP contribution < -0.4 is 5.32 Å². The molecule has 0 spiro atoms. The van der Waals surface area contributed by atoms with Gasteiger partial charge in [-0.2, -0.15) is 0 Å². The molecule has 0 saturated carbocycles. The lowest BCUT2D eigenvalue weighted by Gasteiger charge is -2.28. The van der Waals surface area contributed by atoms with Crippen molar-refractivity contribution in [1.29, 1.82) is 0 Å². The minimum atomic E-state index is -0.437. The van der Waals surface area contributed by atoms with E-state index in [0.29, 0.717) is 11.3 Å². The van der Waals surface area contributed by atoms with Crippen LogP contribution in [0.2, 0.25) is 0 Å². The summed E-state index contributed by atoms with van der Waals surface area (Å²) in [5, 5.41) is 14.7. The molecule has 2 heterocycles. The van der Waals surface area contributed by atoms with Crippen LogP contribution in [0, 0.1) is 10.1 Å². The van der Waals surface area contributed by atoms with Gasteiger partial charge >= 0.3 is 0 Å². The van der Waals surface area contributed by atoms with E-state index in [1.807, 2.05) is 35.2 Å². The molecule has 1 N–H and O–H groups in total. The summed E-state index contributed by atoms with van der Waals surface area (Å²) in [6, 6.07) is 14.2. The van der Waals surface area contributed by atoms with Crippen molar-refractivity contribution in [3.8, 4) is 0 Å². The molecule has 29 heavy (non-hydrogen) atoms. The maximum atomic E-state index is 13.1. The zero-order valence-corrected chi connectivity index (χ0v) is 16.4. The SMILES string of the molecule is O=C(c1ccc(Nc2ccccc2)c([N+](=O)[O-])c1)N1CCCC1CN1CCCC1. The van der Waals surface area contributed by atoms with Crippen molar-refractivity contribution in [2.75, 3.05) is 31.5 Å². The van der Waals surface area contributed by atoms with Crippen molar-refractivity contribution in [3.63, 3.8) is 0 Å². The maximum Gasteiger partial charge on any atom is 0.293 e. The fraction of sp³-hybridized carbons (Fsp3) is 0.409. The predicted octanol–water partition coefficient (Wildman–Crippen LogP) is 4.04. The number of amides is 1. The molecule has 0 aromatic heterocycles. The van der Waals surface area contributed by atoms with E-state index in [0.717, 1.165) is 44.7 Å². The number of hydrogen-bond donors (Lipinski definition) is 1. The molecule has 0 aliphatic carbocycles. The first kappa shape index (κ1) is 19.4. The number of nitro benzene ring substituents is 1. The summed E-state index contributed by atoms with van der Waals surface area (Å²) in [5.41, 5.74) is 1.44. The molecule has 2 fully saturated rings. The molecule has 0 bridgehead atoms. The lowest BCUT2D eigenvalue weighted by Crippen LogP contribution is -2.42. The quantitative estimate of drug-likeness (QED) is 0.591. The van der Waals surface area contributed by atoms with Gasteiger partial charge in [-0.05, 0) is 63.0 Å². The minimum Gasteiger partial charge on any atom is -0.350 e. The van der Waals surface area contributed by atoms with Crippen LogP contribution in [0.25, 0.3) is 0 Å². The Labute approximate surface area is 170 Å². The first-order valence-electron chi connectivity index (χ1n) is 10.3. The van der Waals surface area contributed by atoms with E-state index in [1.165, 1.54) is 18.9 Å². The number of benzene rings is 2. The second-order valence-electron chi connectivity index (χ2n) is 7.78. The highest BCUT2D eigenvalue weighted by atomic mass is 16.6. The lowest BCUT2D eigenvalue weighted by atomic mass is 10.1. The number of anilines is 2. The minimum absolute atomic E-state index is 0.0880. The number of carbonyl (C=O) groups excluding carboxylic acids is 1. The molecule has 2 aromatic rings. The molecule has 2 aliphatic heterocycles. The second-order valence-corrected chi connectivity index (χ2v) is 7.78. The van der Waals surface area contributed by atoms with Crippen molar-refractivity contribution in [3.05, 3.63) is 64.2 Å². The van der Waals surface area contributed by atoms with Gasteiger partial charge in [-0.3, -0.25) is 14.9 Å². The molecule has 0 radical (unpaired) electrons. The molecule has 4 rings (SSSR count). The summed E-state index contributed by atoms with van der Waals surface area (Å²) < 4.78 is 0. The number of nitrogens with one attached hydrogen (secondary N) is 1. The van der Waals surface area contributed by atoms with Crippen LogP contribution in [-0.2, 0) is 0 Å². The van der Waals surface area contributed by atoms with Crippen LogP contribution in [-0.4, -0.2) is 52.9 Å². The summed E-state index contributed by atoms with van der Waals surface area (Å²) in [6.45, 7) is 3.82. The van der Waals surface area contributed by atoms with Gasteiger partial charge in [0.25, 0.3) is 11.6 Å². The fourth-order valence-electron chi connectivity index (χ4n) is 4.32. The Morgan fingerprint density at radius 1 is 1.07 bits per heavy atom. The third-order valence-corrected chi connectivity index (χ3v) is 5.80. The Hall–Kier alpha value is -2.93. The average Bonchev–Trinajstić information content (AvgIpc) is 3.41. The van der Waals surface area contributed by atoms with Crippen LogP contribution in [0.5, 0.6) is 0 Å². The van der Waals surface area contributed by atoms with Gasteiger partial charge in [0, 0.05) is 36.4 Å². The number of rotatable bonds is 6. The number of likely N-dealkylation sites (tertiary alicyclic amines) is 2. The summed E-state index contributed by atoms with van der Waals surface area (Å²) in [7, 11) is 0. The van der Waals surface area contributed by atoms with Gasteiger partial charge < -0.3 is 15.1 Å². The molecule has 1 unspecified atom stereocenters. The van der Waals surface area contributed by atoms with Crippen LogP contribution in [0.4, 0.5) is 17.1 Å². The molecule has 2 aromatic carbocycles. The highest BCUT2D eigenvalue weighted by Crippen LogP contribution is 2.30. The highest BCUT2D eigenvalue weighted by molar-refractivity contribution is 5.96. The largest absolute Gasteiger partial charge is 0.350 e. The Morgan fingerprint density at radius 2 is 1.83 bits per heavy atom. The number of nitro groups is 1. The van der Waals surface area contributed by atoms with Crippen molar-refractivity contribution < 1.29 is 9.72 Å². The Balaban J connectivity index is 1.53. The molecule has 1 amide bonds. The maximum absolute atomic E-state index is 13.1. The smallest absolute Gasteiger partial charge is 0.293 e. The van der Waals surface area contributed by atoms with E-state index in [-0.39, 0.29) is 17.6 Å². The van der Waals surface area contributed by atoms with E-state index in [1.54, 1.807) is 12.1 Å². The van der Waals surface area contributed by atoms with Crippen LogP contribution >= 0.6 is 0 Å². The third-order valence-electron chi connectivity index (χ3n) is 5.80. The zero-order chi connectivity index (χ0) is 20.2. The summed E-state index contributed by atoms with van der Waals surface area (Å²) >= 11 is 0. The molecular formula is C22H26N4O3. The highest BCUT2D eigenvalue weighted by Gasteiger charge is 2.32. The second kappa shape index (κ2) is 8.61. The Kier molecular flexibility index (Phi) is 5.76. The number of nitrogens with zero attached hydrogens (tertiary/aromatic N) is 3. The van der Waals surface area contributed by atoms with Crippen LogP contribution in [0.1, 0.15) is 36.0 Å². The van der Waals surface area contributed by atoms with Gasteiger partial charge in [0.05, 0.1) is 4.92 Å². The van der Waals surface area contributed by atoms with Crippen LogP contribution in [0.3, 0.4) is 0 Å². The predicted molar refractivity (Wildman–Crippen MR) is 113 cm³/mol. The Bertz CT molecular complexity index is 881. The molecule has 1 atom stereocenters. The van der Waals surface area contributed by atoms with Gasteiger partial charge in [-0.15, -0.1) is 0 Å². The van der Waals surface area contributed by atoms with E-state index >= 15 is 0 Å². The first-order valence-corrected chi connectivity index (χ1v) is 10.3. The third kappa shape index (κ3) is 4.40. The van der Waals surface area contributed by atoms with Gasteiger partial charge in [0.1, 0.15) is 5.69 Å². The van der Waals surface area contributed by atoms with Gasteiger partial charge in [0.15, 0.2) is 0 Å². The van der Waals surface area contributed by atoms with Gasteiger partial charge in [-0.1, -0.05) is 18.2 Å². The fourth-order valence-corrected chi connectivity index (χ4v) is 4.32. The van der Waals surface area contributed by atoms with Crippen molar-refractivity contribution in [1.82, 2.24) is 9.80 Å². The van der Waals surface area contributed by atoms with Crippen LogP contribution in [0.15, 0.2) is 48.5 Å². The average molecular weight is 394 g/mol. The van der Waals surface area contributed by atoms with Crippen molar-refractivity contribution in [2.24, 2.45) is 0 Å². The molecule has 2 saturated heterocycles. The zero-order valence-electron chi connectivity index (χ0n) is 16.4. The molecule has 7 heteroatoms. The number of carbonyl (C=O) groups is 1. The number of hydrogen-bond acceptors (Lipinski definition) is 5. The van der Waals surface area contributed by atoms with Gasteiger partial charge in [-0.25, -0.2) is 0 Å². The lowest BCUT2D eigenvalue weighted by molar-refractivity contribution is -0.383. The molecule has 7 nitrogen and oxygen atoms in total. The monoisotopic (exact) mass is 394 g/mol. The van der Waals surface area contributed by atoms with E-state index in [4.69, 9.17) is 0 Å². The standard InChI is InChI=1S/C22H26N4O3/c27-22(25-14-6-9-19(25)16-24-12-4-5-13-24)17-10-11-20(21(15-17)26(28)29)23-18-7-2-1-3-8-18/h1-3,7-8,10-11,15,19,23H,4-6,9,12-14,16H2. The van der Waals surface area contributed by atoms with E-state index < -0.39 is 4.92 Å². The number of para-hydroxylation sites is 1. The molecular weight excluding hydrogens is 368 g/mol. The summed E-state index contributed by atoms with van der Waals surface area (Å²) in [4.78, 5) is 28.7. The summed E-state index contributed by atoms with van der Waals surface area (Å²) in [6.07, 6.45) is 4.43. The first-order chi connectivity index (χ1) is 14.1. The van der Waals surface area contributed by atoms with E-state index in [2.05, 4.69) is 10.2 Å². The molecule has 152 valence electrons. The van der Waals surface area contributed by atoms with Crippen molar-refractivity contribution >= 4 is 23.0 Å². The van der Waals surface area contributed by atoms with Crippen molar-refractivity contribution in [2.45, 2.75) is 31.7 Å². The summed E-state index contributed by atoms with van der Waals surface area (Å²) in [5.74, 6) is -0.110. The topological polar surface area (TPSA) is 78.7 Å². The normalized spacial score (nSPS) is 19.4.